The molecular formula is C17H13F3N4O4. The van der Waals surface area contributed by atoms with E-state index in [0.29, 0.717) is 5.56 Å². The van der Waals surface area contributed by atoms with Crippen LogP contribution in [0, 0.1) is 10.1 Å². The van der Waals surface area contributed by atoms with Crippen LogP contribution in [0.4, 0.5) is 24.5 Å². The molecule has 0 aliphatic rings. The number of amides is 2. The zero-order chi connectivity index (χ0) is 20.9. The number of hydrogen-bond donors (Lipinski definition) is 2. The summed E-state index contributed by atoms with van der Waals surface area (Å²) in [7, 11) is 0. The fraction of sp³-hybridized carbons (Fsp3) is 0.118. The number of hydrogen-bond acceptors (Lipinski definition) is 5. The van der Waals surface area contributed by atoms with Gasteiger partial charge in [0, 0.05) is 11.8 Å². The molecule has 2 amide bonds. The van der Waals surface area contributed by atoms with Gasteiger partial charge in [0.1, 0.15) is 5.56 Å². The lowest BCUT2D eigenvalue weighted by atomic mass is 10.1. The summed E-state index contributed by atoms with van der Waals surface area (Å²) >= 11 is 0. The number of anilines is 1. The lowest BCUT2D eigenvalue weighted by Crippen LogP contribution is -2.29. The van der Waals surface area contributed by atoms with E-state index in [1.54, 1.807) is 5.32 Å². The molecule has 0 bridgehead atoms. The first-order chi connectivity index (χ1) is 13.1. The van der Waals surface area contributed by atoms with Crippen molar-refractivity contribution in [3.05, 3.63) is 69.8 Å². The van der Waals surface area contributed by atoms with Crippen LogP contribution in [0.5, 0.6) is 0 Å². The molecular weight excluding hydrogens is 381 g/mol. The topological polar surface area (TPSA) is 114 Å². The average molecular weight is 394 g/mol. The van der Waals surface area contributed by atoms with Gasteiger partial charge in [0.15, 0.2) is 0 Å². The zero-order valence-corrected chi connectivity index (χ0v) is 14.3. The Morgan fingerprint density at radius 3 is 2.43 bits per heavy atom. The van der Waals surface area contributed by atoms with E-state index >= 15 is 0 Å². The maximum absolute atomic E-state index is 12.3. The smallest absolute Gasteiger partial charge is 0.318 e. The van der Waals surface area contributed by atoms with Crippen LogP contribution in [-0.4, -0.2) is 28.6 Å². The Morgan fingerprint density at radius 2 is 1.79 bits per heavy atom. The molecule has 0 aliphatic heterocycles. The minimum atomic E-state index is -5.03. The normalized spacial score (nSPS) is 11.6. The Hall–Kier alpha value is -3.76. The third-order valence-electron chi connectivity index (χ3n) is 3.47. The molecule has 0 aromatic heterocycles. The first kappa shape index (κ1) is 20.6. The number of rotatable bonds is 5. The van der Waals surface area contributed by atoms with Crippen LogP contribution < -0.4 is 10.7 Å². The summed E-state index contributed by atoms with van der Waals surface area (Å²) in [5.74, 6) is -2.95. The van der Waals surface area contributed by atoms with Crippen molar-refractivity contribution in [3.63, 3.8) is 0 Å². The van der Waals surface area contributed by atoms with E-state index in [4.69, 9.17) is 0 Å². The third-order valence-corrected chi connectivity index (χ3v) is 3.47. The molecule has 11 heteroatoms. The molecule has 2 rings (SSSR count). The molecule has 146 valence electrons. The number of alkyl halides is 3. The van der Waals surface area contributed by atoms with E-state index < -0.39 is 28.6 Å². The number of nitro groups is 1. The second-order valence-electron chi connectivity index (χ2n) is 5.45. The Kier molecular flexibility index (Phi) is 6.08. The summed E-state index contributed by atoms with van der Waals surface area (Å²) in [6.45, 7) is 1.46. The van der Waals surface area contributed by atoms with Gasteiger partial charge in [-0.05, 0) is 30.7 Å². The molecule has 0 saturated carbocycles. The van der Waals surface area contributed by atoms with Gasteiger partial charge in [-0.15, -0.1) is 0 Å². The molecule has 0 spiro atoms. The molecule has 2 aromatic carbocycles. The van der Waals surface area contributed by atoms with Gasteiger partial charge in [-0.1, -0.05) is 24.3 Å². The second kappa shape index (κ2) is 8.29. The van der Waals surface area contributed by atoms with Crippen LogP contribution in [0.1, 0.15) is 22.8 Å². The second-order valence-corrected chi connectivity index (χ2v) is 5.45. The Bertz CT molecular complexity index is 957. The predicted octanol–water partition coefficient (Wildman–Crippen LogP) is 3.25. The van der Waals surface area contributed by atoms with Gasteiger partial charge >= 0.3 is 12.1 Å². The van der Waals surface area contributed by atoms with Crippen LogP contribution in [0.25, 0.3) is 0 Å². The lowest BCUT2D eigenvalue weighted by Gasteiger charge is -2.09. The van der Waals surface area contributed by atoms with Crippen molar-refractivity contribution in [1.29, 1.82) is 0 Å². The van der Waals surface area contributed by atoms with Crippen molar-refractivity contribution in [2.75, 3.05) is 5.32 Å². The van der Waals surface area contributed by atoms with Gasteiger partial charge in [-0.25, -0.2) is 5.43 Å². The van der Waals surface area contributed by atoms with Crippen molar-refractivity contribution < 1.29 is 27.7 Å². The maximum atomic E-state index is 12.3. The molecule has 0 atom stereocenters. The average Bonchev–Trinajstić information content (AvgIpc) is 2.65. The number of nitro benzene ring substituents is 1. The first-order valence-corrected chi connectivity index (χ1v) is 7.66. The van der Waals surface area contributed by atoms with Crippen LogP contribution in [0.15, 0.2) is 53.6 Å². The van der Waals surface area contributed by atoms with Crippen LogP contribution >= 0.6 is 0 Å². The number of para-hydroxylation sites is 1. The van der Waals surface area contributed by atoms with E-state index in [1.165, 1.54) is 49.4 Å². The van der Waals surface area contributed by atoms with E-state index in [-0.39, 0.29) is 17.0 Å². The standard InChI is InChI=1S/C17H13F3N4O4/c1-10(11-5-4-6-12(9-11)21-16(26)17(18,19)20)22-23-15(25)13-7-2-3-8-14(13)24(27)28/h2-9H,1H3,(H,21,26)(H,23,25)/b22-10-. The van der Waals surface area contributed by atoms with Crippen LogP contribution in [-0.2, 0) is 4.79 Å². The number of carbonyl (C=O) groups is 2. The lowest BCUT2D eigenvalue weighted by molar-refractivity contribution is -0.385. The minimum Gasteiger partial charge on any atom is -0.318 e. The van der Waals surface area contributed by atoms with Gasteiger partial charge in [-0.2, -0.15) is 18.3 Å². The summed E-state index contributed by atoms with van der Waals surface area (Å²) in [4.78, 5) is 33.4. The quantitative estimate of drug-likeness (QED) is 0.460. The van der Waals surface area contributed by atoms with Gasteiger partial charge in [0.25, 0.3) is 11.6 Å². The molecule has 0 aliphatic carbocycles. The van der Waals surface area contributed by atoms with E-state index in [1.807, 2.05) is 0 Å². The molecule has 0 fully saturated rings. The zero-order valence-electron chi connectivity index (χ0n) is 14.3. The maximum Gasteiger partial charge on any atom is 0.471 e. The largest absolute Gasteiger partial charge is 0.471 e. The molecule has 0 saturated heterocycles. The molecule has 2 N–H and O–H groups in total. The Balaban J connectivity index is 2.16. The monoisotopic (exact) mass is 394 g/mol. The Morgan fingerprint density at radius 1 is 1.11 bits per heavy atom. The Labute approximate surface area is 156 Å². The predicted molar refractivity (Wildman–Crippen MR) is 93.9 cm³/mol. The molecule has 8 nitrogen and oxygen atoms in total. The van der Waals surface area contributed by atoms with Crippen molar-refractivity contribution in [3.8, 4) is 0 Å². The van der Waals surface area contributed by atoms with Gasteiger partial charge < -0.3 is 5.32 Å². The summed E-state index contributed by atoms with van der Waals surface area (Å²) in [5.41, 5.74) is 1.97. The van der Waals surface area contributed by atoms with Gasteiger partial charge in [-0.3, -0.25) is 19.7 Å². The molecule has 0 heterocycles. The molecule has 2 aromatic rings. The minimum absolute atomic E-state index is 0.112. The number of halogens is 3. The highest BCUT2D eigenvalue weighted by atomic mass is 19.4. The number of carbonyl (C=O) groups excluding carboxylic acids is 2. The van der Waals surface area contributed by atoms with Gasteiger partial charge in [0.2, 0.25) is 0 Å². The number of nitrogens with one attached hydrogen (secondary N) is 2. The number of hydrazone groups is 1. The van der Waals surface area contributed by atoms with E-state index in [0.717, 1.165) is 6.07 Å². The van der Waals surface area contributed by atoms with E-state index in [9.17, 15) is 32.9 Å². The fourth-order valence-electron chi connectivity index (χ4n) is 2.11. The van der Waals surface area contributed by atoms with Crippen LogP contribution in [0.2, 0.25) is 0 Å². The van der Waals surface area contributed by atoms with Crippen LogP contribution in [0.3, 0.4) is 0 Å². The van der Waals surface area contributed by atoms with E-state index in [2.05, 4.69) is 10.5 Å². The molecule has 28 heavy (non-hydrogen) atoms. The first-order valence-electron chi connectivity index (χ1n) is 7.66. The number of benzene rings is 2. The summed E-state index contributed by atoms with van der Waals surface area (Å²) < 4.78 is 37.0. The van der Waals surface area contributed by atoms with Crippen molar-refractivity contribution in [1.82, 2.24) is 5.43 Å². The highest BCUT2D eigenvalue weighted by Gasteiger charge is 2.38. The van der Waals surface area contributed by atoms with Crippen molar-refractivity contribution in [2.45, 2.75) is 13.1 Å². The van der Waals surface area contributed by atoms with Crippen molar-refractivity contribution in [2.24, 2.45) is 5.10 Å². The van der Waals surface area contributed by atoms with Crippen molar-refractivity contribution >= 4 is 28.9 Å². The fourth-order valence-corrected chi connectivity index (χ4v) is 2.11. The molecule has 0 unspecified atom stereocenters. The summed E-state index contributed by atoms with van der Waals surface area (Å²) in [6, 6.07) is 10.7. The highest BCUT2D eigenvalue weighted by molar-refractivity contribution is 6.03. The van der Waals surface area contributed by atoms with Gasteiger partial charge in [0.05, 0.1) is 10.6 Å². The SMILES string of the molecule is C/C(=N/NC(=O)c1ccccc1[N+](=O)[O-])c1cccc(NC(=O)C(F)(F)F)c1. The molecule has 0 radical (unpaired) electrons. The number of nitrogens with zero attached hydrogens (tertiary/aromatic N) is 2. The summed E-state index contributed by atoms with van der Waals surface area (Å²) in [6.07, 6.45) is -5.03. The highest BCUT2D eigenvalue weighted by Crippen LogP contribution is 2.20. The third kappa shape index (κ3) is 5.13. The summed E-state index contributed by atoms with van der Waals surface area (Å²) in [5, 5.41) is 16.5.